The first-order valence-electron chi connectivity index (χ1n) is 11.5. The number of aryl methyl sites for hydroxylation is 2. The van der Waals surface area contributed by atoms with E-state index in [9.17, 15) is 0 Å². The summed E-state index contributed by atoms with van der Waals surface area (Å²) in [4.78, 5) is 5.08. The van der Waals surface area contributed by atoms with Gasteiger partial charge < -0.3 is 5.32 Å². The SMILES string of the molecule is Cc1nc2c(-c3ccccc3)c(C)nn2c(NC2CCCCC2)c1Cc1ccccc1. The molecule has 1 saturated carbocycles. The molecule has 1 aliphatic carbocycles. The molecular formula is C27H30N4. The zero-order valence-corrected chi connectivity index (χ0v) is 18.4. The maximum atomic E-state index is 5.08. The average Bonchev–Trinajstić information content (AvgIpc) is 3.13. The van der Waals surface area contributed by atoms with E-state index in [1.165, 1.54) is 48.8 Å². The number of nitrogens with one attached hydrogen (secondary N) is 1. The molecule has 2 aromatic heterocycles. The summed E-state index contributed by atoms with van der Waals surface area (Å²) >= 11 is 0. The summed E-state index contributed by atoms with van der Waals surface area (Å²) in [5.74, 6) is 1.11. The minimum Gasteiger partial charge on any atom is -0.367 e. The van der Waals surface area contributed by atoms with Gasteiger partial charge in [-0.15, -0.1) is 0 Å². The zero-order valence-electron chi connectivity index (χ0n) is 18.4. The van der Waals surface area contributed by atoms with Gasteiger partial charge in [0.1, 0.15) is 5.82 Å². The maximum Gasteiger partial charge on any atom is 0.165 e. The molecule has 2 heterocycles. The second kappa shape index (κ2) is 8.54. The Labute approximate surface area is 184 Å². The van der Waals surface area contributed by atoms with Gasteiger partial charge >= 0.3 is 0 Å². The van der Waals surface area contributed by atoms with Crippen molar-refractivity contribution in [2.75, 3.05) is 5.32 Å². The third-order valence-electron chi connectivity index (χ3n) is 6.48. The summed E-state index contributed by atoms with van der Waals surface area (Å²) in [5, 5.41) is 8.90. The topological polar surface area (TPSA) is 42.2 Å². The maximum absolute atomic E-state index is 5.08. The molecule has 0 unspecified atom stereocenters. The quantitative estimate of drug-likeness (QED) is 0.417. The molecule has 0 bridgehead atoms. The Morgan fingerprint density at radius 3 is 2.26 bits per heavy atom. The minimum absolute atomic E-state index is 0.498. The van der Waals surface area contributed by atoms with Crippen LogP contribution in [0.2, 0.25) is 0 Å². The van der Waals surface area contributed by atoms with Crippen LogP contribution in [0.3, 0.4) is 0 Å². The molecule has 0 radical (unpaired) electrons. The van der Waals surface area contributed by atoms with Crippen LogP contribution < -0.4 is 5.32 Å². The Hall–Kier alpha value is -3.14. The van der Waals surface area contributed by atoms with Crippen LogP contribution in [-0.2, 0) is 6.42 Å². The highest BCUT2D eigenvalue weighted by Crippen LogP contribution is 2.33. The van der Waals surface area contributed by atoms with Crippen LogP contribution in [-0.4, -0.2) is 20.6 Å². The Morgan fingerprint density at radius 2 is 1.55 bits per heavy atom. The number of hydrogen-bond donors (Lipinski definition) is 1. The number of anilines is 1. The molecule has 2 aromatic carbocycles. The van der Waals surface area contributed by atoms with E-state index in [0.717, 1.165) is 34.8 Å². The smallest absolute Gasteiger partial charge is 0.165 e. The normalized spacial score (nSPS) is 14.8. The fourth-order valence-corrected chi connectivity index (χ4v) is 4.84. The second-order valence-electron chi connectivity index (χ2n) is 8.73. The molecule has 0 spiro atoms. The van der Waals surface area contributed by atoms with Crippen LogP contribution in [0.5, 0.6) is 0 Å². The van der Waals surface area contributed by atoms with Crippen LogP contribution in [0.4, 0.5) is 5.82 Å². The fraction of sp³-hybridized carbons (Fsp3) is 0.333. The van der Waals surface area contributed by atoms with Gasteiger partial charge in [-0.25, -0.2) is 4.98 Å². The molecule has 0 amide bonds. The molecule has 4 aromatic rings. The van der Waals surface area contributed by atoms with Crippen molar-refractivity contribution in [1.82, 2.24) is 14.6 Å². The summed E-state index contributed by atoms with van der Waals surface area (Å²) < 4.78 is 2.07. The van der Waals surface area contributed by atoms with Crippen LogP contribution in [0.25, 0.3) is 16.8 Å². The van der Waals surface area contributed by atoms with Gasteiger partial charge in [0.15, 0.2) is 5.65 Å². The van der Waals surface area contributed by atoms with Crippen molar-refractivity contribution < 1.29 is 0 Å². The Kier molecular flexibility index (Phi) is 5.46. The number of benzene rings is 2. The highest BCUT2D eigenvalue weighted by molar-refractivity contribution is 5.81. The number of hydrogen-bond acceptors (Lipinski definition) is 3. The number of rotatable bonds is 5. The predicted octanol–water partition coefficient (Wildman–Crippen LogP) is 6.35. The van der Waals surface area contributed by atoms with Gasteiger partial charge in [-0.2, -0.15) is 9.61 Å². The third kappa shape index (κ3) is 3.95. The summed E-state index contributed by atoms with van der Waals surface area (Å²) in [6.07, 6.45) is 7.24. The van der Waals surface area contributed by atoms with Gasteiger partial charge in [-0.3, -0.25) is 0 Å². The van der Waals surface area contributed by atoms with E-state index in [2.05, 4.69) is 84.3 Å². The summed E-state index contributed by atoms with van der Waals surface area (Å²) in [7, 11) is 0. The second-order valence-corrected chi connectivity index (χ2v) is 8.73. The van der Waals surface area contributed by atoms with Crippen molar-refractivity contribution in [1.29, 1.82) is 0 Å². The molecule has 5 rings (SSSR count). The van der Waals surface area contributed by atoms with Gasteiger partial charge in [-0.1, -0.05) is 79.9 Å². The van der Waals surface area contributed by atoms with E-state index in [0.29, 0.717) is 6.04 Å². The lowest BCUT2D eigenvalue weighted by molar-refractivity contribution is 0.460. The van der Waals surface area contributed by atoms with Crippen molar-refractivity contribution in [3.63, 3.8) is 0 Å². The van der Waals surface area contributed by atoms with Crippen LogP contribution in [0, 0.1) is 13.8 Å². The van der Waals surface area contributed by atoms with Gasteiger partial charge in [0.2, 0.25) is 0 Å². The van der Waals surface area contributed by atoms with Crippen LogP contribution in [0.1, 0.15) is 54.6 Å². The summed E-state index contributed by atoms with van der Waals surface area (Å²) in [6, 6.07) is 21.7. The van der Waals surface area contributed by atoms with E-state index in [1.54, 1.807) is 0 Å². The standard InChI is InChI=1S/C27H30N4/c1-19-24(18-21-12-6-3-7-13-21)26(29-23-16-10-5-11-17-23)31-27(28-19)25(20(2)30-31)22-14-8-4-9-15-22/h3-4,6-9,12-15,23,29H,5,10-11,16-18H2,1-2H3. The first-order chi connectivity index (χ1) is 15.2. The van der Waals surface area contributed by atoms with Gasteiger partial charge in [0, 0.05) is 29.3 Å². The Bertz CT molecular complexity index is 1170. The van der Waals surface area contributed by atoms with Crippen LogP contribution >= 0.6 is 0 Å². The lowest BCUT2D eigenvalue weighted by Gasteiger charge is -2.26. The molecule has 1 N–H and O–H groups in total. The molecule has 1 fully saturated rings. The van der Waals surface area contributed by atoms with Crippen molar-refractivity contribution >= 4 is 11.5 Å². The van der Waals surface area contributed by atoms with Crippen molar-refractivity contribution in [3.8, 4) is 11.1 Å². The highest BCUT2D eigenvalue weighted by Gasteiger charge is 2.23. The molecule has 0 aliphatic heterocycles. The molecule has 158 valence electrons. The Balaban J connectivity index is 1.68. The van der Waals surface area contributed by atoms with Gasteiger partial charge in [-0.05, 0) is 37.8 Å². The Morgan fingerprint density at radius 1 is 0.871 bits per heavy atom. The fourth-order valence-electron chi connectivity index (χ4n) is 4.84. The lowest BCUT2D eigenvalue weighted by Crippen LogP contribution is -2.25. The third-order valence-corrected chi connectivity index (χ3v) is 6.48. The van der Waals surface area contributed by atoms with E-state index in [4.69, 9.17) is 10.1 Å². The predicted molar refractivity (Wildman–Crippen MR) is 128 cm³/mol. The molecular weight excluding hydrogens is 380 g/mol. The minimum atomic E-state index is 0.498. The number of aromatic nitrogens is 3. The monoisotopic (exact) mass is 410 g/mol. The average molecular weight is 411 g/mol. The number of fused-ring (bicyclic) bond motifs is 1. The first kappa shape index (κ1) is 19.8. The molecule has 0 atom stereocenters. The van der Waals surface area contributed by atoms with E-state index < -0.39 is 0 Å². The van der Waals surface area contributed by atoms with Gasteiger partial charge in [0.25, 0.3) is 0 Å². The molecule has 4 heteroatoms. The summed E-state index contributed by atoms with van der Waals surface area (Å²) in [5.41, 5.74) is 7.87. The zero-order chi connectivity index (χ0) is 21.2. The lowest BCUT2D eigenvalue weighted by atomic mass is 9.95. The van der Waals surface area contributed by atoms with Crippen molar-refractivity contribution in [2.24, 2.45) is 0 Å². The van der Waals surface area contributed by atoms with Crippen molar-refractivity contribution in [2.45, 2.75) is 58.4 Å². The van der Waals surface area contributed by atoms with E-state index >= 15 is 0 Å². The molecule has 1 aliphatic rings. The van der Waals surface area contributed by atoms with Crippen molar-refractivity contribution in [3.05, 3.63) is 83.2 Å². The van der Waals surface area contributed by atoms with Gasteiger partial charge in [0.05, 0.1) is 5.69 Å². The molecule has 0 saturated heterocycles. The molecule has 31 heavy (non-hydrogen) atoms. The first-order valence-corrected chi connectivity index (χ1v) is 11.5. The molecule has 4 nitrogen and oxygen atoms in total. The largest absolute Gasteiger partial charge is 0.367 e. The van der Waals surface area contributed by atoms with Crippen LogP contribution in [0.15, 0.2) is 60.7 Å². The van der Waals surface area contributed by atoms with E-state index in [-0.39, 0.29) is 0 Å². The van der Waals surface area contributed by atoms with E-state index in [1.807, 2.05) is 0 Å². The summed E-state index contributed by atoms with van der Waals surface area (Å²) in [6.45, 7) is 4.23. The highest BCUT2D eigenvalue weighted by atomic mass is 15.3. The number of nitrogens with zero attached hydrogens (tertiary/aromatic N) is 3.